The van der Waals surface area contributed by atoms with Gasteiger partial charge in [-0.25, -0.2) is 5.43 Å². The van der Waals surface area contributed by atoms with Gasteiger partial charge in [0.1, 0.15) is 11.3 Å². The quantitative estimate of drug-likeness (QED) is 0.371. The van der Waals surface area contributed by atoms with Crippen LogP contribution < -0.4 is 15.6 Å². The van der Waals surface area contributed by atoms with Gasteiger partial charge in [-0.1, -0.05) is 48.5 Å². The summed E-state index contributed by atoms with van der Waals surface area (Å²) >= 11 is 0. The summed E-state index contributed by atoms with van der Waals surface area (Å²) in [5, 5.41) is 0.947. The van der Waals surface area contributed by atoms with Crippen LogP contribution in [0.25, 0.3) is 10.9 Å². The number of Topliss-reactive ketones (excluding diaryl/α,β-unsaturated/α-hetero) is 1. The number of nitrogens with one attached hydrogen (secondary N) is 2. The first kappa shape index (κ1) is 17.6. The first-order chi connectivity index (χ1) is 12.7. The minimum atomic E-state index is -0.329. The van der Waals surface area contributed by atoms with Gasteiger partial charge in [0.15, 0.2) is 12.4 Å². The molecular weight excluding hydrogens is 330 g/mol. The molecule has 0 unspecified atom stereocenters. The van der Waals surface area contributed by atoms with Crippen LogP contribution in [0, 0.1) is 0 Å². The van der Waals surface area contributed by atoms with Crippen LogP contribution in [0.15, 0.2) is 66.9 Å². The lowest BCUT2D eigenvalue weighted by atomic mass is 10.1. The van der Waals surface area contributed by atoms with Crippen molar-refractivity contribution in [1.29, 1.82) is 0 Å². The van der Waals surface area contributed by atoms with Gasteiger partial charge in [0.05, 0.1) is 0 Å². The van der Waals surface area contributed by atoms with E-state index >= 15 is 0 Å². The Bertz CT molecular complexity index is 892. The maximum Gasteiger partial charge on any atom is 0.271 e. The maximum atomic E-state index is 11.9. The summed E-state index contributed by atoms with van der Waals surface area (Å²) < 4.78 is 5.55. The predicted molar refractivity (Wildman–Crippen MR) is 98.8 cm³/mol. The van der Waals surface area contributed by atoms with Gasteiger partial charge in [0.25, 0.3) is 5.91 Å². The Kier molecular flexibility index (Phi) is 5.90. The minimum absolute atomic E-state index is 0.0189. The number of ether oxygens (including phenoxy) is 1. The lowest BCUT2D eigenvalue weighted by Crippen LogP contribution is -2.41. The molecule has 2 N–H and O–H groups in total. The standard InChI is InChI=1S/C20H19N3O3/c24-17(15-6-2-1-3-7-15)11-13-22-23-19(25)14-26-18-10-4-8-16-9-5-12-21-20(16)18/h1-10,12,22H,11,13-14H2,(H,23,25). The molecule has 0 aliphatic heterocycles. The molecule has 26 heavy (non-hydrogen) atoms. The number of pyridine rings is 1. The largest absolute Gasteiger partial charge is 0.481 e. The molecule has 1 aromatic heterocycles. The van der Waals surface area contributed by atoms with Gasteiger partial charge in [-0.05, 0) is 12.1 Å². The van der Waals surface area contributed by atoms with Gasteiger partial charge < -0.3 is 4.74 Å². The number of hydrogen-bond acceptors (Lipinski definition) is 5. The molecule has 3 aromatic rings. The van der Waals surface area contributed by atoms with Crippen LogP contribution in [-0.2, 0) is 4.79 Å². The number of fused-ring (bicyclic) bond motifs is 1. The van der Waals surface area contributed by atoms with Gasteiger partial charge in [-0.2, -0.15) is 0 Å². The van der Waals surface area contributed by atoms with Gasteiger partial charge in [-0.3, -0.25) is 20.0 Å². The highest BCUT2D eigenvalue weighted by Gasteiger charge is 2.07. The smallest absolute Gasteiger partial charge is 0.271 e. The van der Waals surface area contributed by atoms with E-state index in [2.05, 4.69) is 15.8 Å². The molecule has 6 heteroatoms. The third-order valence-electron chi connectivity index (χ3n) is 3.76. The van der Waals surface area contributed by atoms with Crippen molar-refractivity contribution in [3.05, 3.63) is 72.4 Å². The summed E-state index contributed by atoms with van der Waals surface area (Å²) in [6.45, 7) is 0.199. The summed E-state index contributed by atoms with van der Waals surface area (Å²) in [6, 6.07) is 18.4. The summed E-state index contributed by atoms with van der Waals surface area (Å²) in [5.41, 5.74) is 6.64. The molecule has 132 valence electrons. The van der Waals surface area contributed by atoms with Crippen LogP contribution in [0.5, 0.6) is 5.75 Å². The number of carbonyl (C=O) groups is 2. The van der Waals surface area contributed by atoms with Gasteiger partial charge in [0.2, 0.25) is 0 Å². The summed E-state index contributed by atoms with van der Waals surface area (Å²) in [5.74, 6) is 0.244. The summed E-state index contributed by atoms with van der Waals surface area (Å²) in [4.78, 5) is 28.1. The van der Waals surface area contributed by atoms with Crippen molar-refractivity contribution in [2.24, 2.45) is 0 Å². The van der Waals surface area contributed by atoms with Gasteiger partial charge >= 0.3 is 0 Å². The Hall–Kier alpha value is -3.25. The SMILES string of the molecule is O=C(COc1cccc2cccnc12)NNCCC(=O)c1ccccc1. The van der Waals surface area contributed by atoms with Crippen LogP contribution >= 0.6 is 0 Å². The van der Waals surface area contributed by atoms with Crippen molar-refractivity contribution in [2.75, 3.05) is 13.2 Å². The second kappa shape index (κ2) is 8.73. The number of hydrazine groups is 1. The van der Waals surface area contributed by atoms with E-state index in [0.717, 1.165) is 5.39 Å². The van der Waals surface area contributed by atoms with E-state index in [9.17, 15) is 9.59 Å². The van der Waals surface area contributed by atoms with Crippen LogP contribution in [0.4, 0.5) is 0 Å². The minimum Gasteiger partial charge on any atom is -0.481 e. The molecule has 0 atom stereocenters. The summed E-state index contributed by atoms with van der Waals surface area (Å²) in [7, 11) is 0. The fourth-order valence-corrected chi connectivity index (χ4v) is 2.48. The molecule has 0 aliphatic rings. The molecule has 0 saturated carbocycles. The van der Waals surface area contributed by atoms with Crippen LogP contribution in [0.3, 0.4) is 0 Å². The Labute approximate surface area is 151 Å². The summed E-state index contributed by atoms with van der Waals surface area (Å²) in [6.07, 6.45) is 1.97. The topological polar surface area (TPSA) is 80.3 Å². The van der Waals surface area contributed by atoms with Crippen molar-refractivity contribution >= 4 is 22.6 Å². The van der Waals surface area contributed by atoms with E-state index in [1.807, 2.05) is 42.5 Å². The number of ketones is 1. The molecule has 2 aromatic carbocycles. The third kappa shape index (κ3) is 4.64. The molecular formula is C20H19N3O3. The Morgan fingerprint density at radius 2 is 1.77 bits per heavy atom. The second-order valence-electron chi connectivity index (χ2n) is 5.63. The van der Waals surface area contributed by atoms with Crippen LogP contribution in [0.2, 0.25) is 0 Å². The van der Waals surface area contributed by atoms with Crippen molar-refractivity contribution < 1.29 is 14.3 Å². The average molecular weight is 349 g/mol. The average Bonchev–Trinajstić information content (AvgIpc) is 2.70. The highest BCUT2D eigenvalue weighted by atomic mass is 16.5. The van der Waals surface area contributed by atoms with Crippen LogP contribution in [-0.4, -0.2) is 29.8 Å². The lowest BCUT2D eigenvalue weighted by Gasteiger charge is -2.10. The molecule has 6 nitrogen and oxygen atoms in total. The van der Waals surface area contributed by atoms with E-state index in [1.165, 1.54) is 0 Å². The number of amides is 1. The molecule has 0 spiro atoms. The normalized spacial score (nSPS) is 10.5. The fraction of sp³-hybridized carbons (Fsp3) is 0.150. The Morgan fingerprint density at radius 1 is 0.962 bits per heavy atom. The highest BCUT2D eigenvalue weighted by molar-refractivity contribution is 5.96. The third-order valence-corrected chi connectivity index (χ3v) is 3.76. The van der Waals surface area contributed by atoms with Gasteiger partial charge in [0, 0.05) is 30.1 Å². The van der Waals surface area contributed by atoms with Crippen molar-refractivity contribution in [3.8, 4) is 5.75 Å². The molecule has 0 aliphatic carbocycles. The molecule has 1 amide bonds. The van der Waals surface area contributed by atoms with E-state index < -0.39 is 0 Å². The molecule has 0 saturated heterocycles. The molecule has 0 radical (unpaired) electrons. The Balaban J connectivity index is 1.41. The zero-order valence-corrected chi connectivity index (χ0v) is 14.1. The molecule has 0 fully saturated rings. The predicted octanol–water partition coefficient (Wildman–Crippen LogP) is 2.51. The van der Waals surface area contributed by atoms with Crippen molar-refractivity contribution in [1.82, 2.24) is 15.8 Å². The monoisotopic (exact) mass is 349 g/mol. The zero-order valence-electron chi connectivity index (χ0n) is 14.1. The number of rotatable bonds is 8. The first-order valence-electron chi connectivity index (χ1n) is 8.30. The van der Waals surface area contributed by atoms with E-state index in [1.54, 1.807) is 24.4 Å². The number of aromatic nitrogens is 1. The van der Waals surface area contributed by atoms with Crippen molar-refractivity contribution in [3.63, 3.8) is 0 Å². The molecule has 3 rings (SSSR count). The van der Waals surface area contributed by atoms with Crippen molar-refractivity contribution in [2.45, 2.75) is 6.42 Å². The maximum absolute atomic E-state index is 11.9. The van der Waals surface area contributed by atoms with E-state index in [-0.39, 0.29) is 18.3 Å². The lowest BCUT2D eigenvalue weighted by molar-refractivity contribution is -0.124. The zero-order chi connectivity index (χ0) is 18.2. The number of nitrogens with zero attached hydrogens (tertiary/aromatic N) is 1. The number of carbonyl (C=O) groups excluding carboxylic acids is 2. The number of para-hydroxylation sites is 1. The number of hydrogen-bond donors (Lipinski definition) is 2. The number of benzene rings is 2. The fourth-order valence-electron chi connectivity index (χ4n) is 2.48. The molecule has 1 heterocycles. The van der Waals surface area contributed by atoms with E-state index in [4.69, 9.17) is 4.74 Å². The Morgan fingerprint density at radius 3 is 2.62 bits per heavy atom. The first-order valence-corrected chi connectivity index (χ1v) is 8.30. The highest BCUT2D eigenvalue weighted by Crippen LogP contribution is 2.22. The van der Waals surface area contributed by atoms with Gasteiger partial charge in [-0.15, -0.1) is 0 Å². The van der Waals surface area contributed by atoms with Crippen LogP contribution in [0.1, 0.15) is 16.8 Å². The van der Waals surface area contributed by atoms with E-state index in [0.29, 0.717) is 29.8 Å². The second-order valence-corrected chi connectivity index (χ2v) is 5.63. The molecule has 0 bridgehead atoms.